The summed E-state index contributed by atoms with van der Waals surface area (Å²) in [6, 6.07) is 5.77. The summed E-state index contributed by atoms with van der Waals surface area (Å²) in [4.78, 5) is 21.9. The molecule has 0 unspecified atom stereocenters. The molecule has 0 bridgehead atoms. The van der Waals surface area contributed by atoms with Gasteiger partial charge in [-0.05, 0) is 37.1 Å². The Hall–Kier alpha value is -1.35. The van der Waals surface area contributed by atoms with Gasteiger partial charge in [0.25, 0.3) is 0 Å². The van der Waals surface area contributed by atoms with Crippen LogP contribution in [-0.2, 0) is 9.59 Å². The SMILES string of the molecule is Cc1ccc(NC(=O)CCC(=O)Cl)c(C)c1. The van der Waals surface area contributed by atoms with Gasteiger partial charge in [-0.15, -0.1) is 0 Å². The molecule has 1 aromatic carbocycles. The van der Waals surface area contributed by atoms with E-state index in [4.69, 9.17) is 11.6 Å². The topological polar surface area (TPSA) is 46.2 Å². The van der Waals surface area contributed by atoms with Crippen LogP contribution in [0.4, 0.5) is 5.69 Å². The van der Waals surface area contributed by atoms with E-state index in [0.717, 1.165) is 16.8 Å². The number of hydrogen-bond donors (Lipinski definition) is 1. The highest BCUT2D eigenvalue weighted by atomic mass is 35.5. The van der Waals surface area contributed by atoms with Crippen LogP contribution in [-0.4, -0.2) is 11.1 Å². The van der Waals surface area contributed by atoms with Crippen LogP contribution in [0.2, 0.25) is 0 Å². The molecule has 3 nitrogen and oxygen atoms in total. The van der Waals surface area contributed by atoms with Gasteiger partial charge < -0.3 is 5.32 Å². The van der Waals surface area contributed by atoms with Gasteiger partial charge in [0.2, 0.25) is 11.1 Å². The molecular weight excluding hydrogens is 226 g/mol. The van der Waals surface area contributed by atoms with E-state index in [0.29, 0.717) is 0 Å². The zero-order valence-corrected chi connectivity index (χ0v) is 10.1. The molecule has 0 aliphatic rings. The van der Waals surface area contributed by atoms with E-state index in [2.05, 4.69) is 5.32 Å². The number of carbonyl (C=O) groups excluding carboxylic acids is 2. The van der Waals surface area contributed by atoms with E-state index in [-0.39, 0.29) is 18.7 Å². The smallest absolute Gasteiger partial charge is 0.224 e. The van der Waals surface area contributed by atoms with Gasteiger partial charge >= 0.3 is 0 Å². The molecule has 4 heteroatoms. The number of amides is 1. The quantitative estimate of drug-likeness (QED) is 0.822. The molecule has 0 fully saturated rings. The Balaban J connectivity index is 2.59. The van der Waals surface area contributed by atoms with E-state index in [1.807, 2.05) is 32.0 Å². The first-order valence-corrected chi connectivity index (χ1v) is 5.42. The van der Waals surface area contributed by atoms with Crippen molar-refractivity contribution in [1.29, 1.82) is 0 Å². The molecule has 0 saturated heterocycles. The summed E-state index contributed by atoms with van der Waals surface area (Å²) in [5, 5.41) is 2.25. The minimum atomic E-state index is -0.490. The average Bonchev–Trinajstić information content (AvgIpc) is 2.19. The van der Waals surface area contributed by atoms with Gasteiger partial charge in [0.1, 0.15) is 0 Å². The number of anilines is 1. The zero-order chi connectivity index (χ0) is 12.1. The molecule has 1 N–H and O–H groups in total. The molecule has 16 heavy (non-hydrogen) atoms. The van der Waals surface area contributed by atoms with E-state index in [1.165, 1.54) is 0 Å². The second kappa shape index (κ2) is 5.66. The second-order valence-electron chi connectivity index (χ2n) is 3.72. The van der Waals surface area contributed by atoms with Gasteiger partial charge in [0.15, 0.2) is 0 Å². The van der Waals surface area contributed by atoms with E-state index in [1.54, 1.807) is 0 Å². The van der Waals surface area contributed by atoms with Gasteiger partial charge in [0, 0.05) is 18.5 Å². The molecule has 0 aromatic heterocycles. The monoisotopic (exact) mass is 239 g/mol. The Kier molecular flexibility index (Phi) is 4.50. The molecule has 1 amide bonds. The molecule has 0 radical (unpaired) electrons. The van der Waals surface area contributed by atoms with Crippen molar-refractivity contribution in [3.8, 4) is 0 Å². The summed E-state index contributed by atoms with van der Waals surface area (Å²) in [6.07, 6.45) is 0.188. The standard InChI is InChI=1S/C12H14ClNO2/c1-8-3-4-10(9(2)7-8)14-12(16)6-5-11(13)15/h3-4,7H,5-6H2,1-2H3,(H,14,16). The summed E-state index contributed by atoms with van der Waals surface area (Å²) in [7, 11) is 0. The fourth-order valence-electron chi connectivity index (χ4n) is 1.38. The minimum Gasteiger partial charge on any atom is -0.326 e. The van der Waals surface area contributed by atoms with Gasteiger partial charge in [0.05, 0.1) is 0 Å². The average molecular weight is 240 g/mol. The summed E-state index contributed by atoms with van der Waals surface area (Å²) in [6.45, 7) is 3.92. The summed E-state index contributed by atoms with van der Waals surface area (Å²) < 4.78 is 0. The number of halogens is 1. The first-order chi connectivity index (χ1) is 7.49. The Morgan fingerprint density at radius 1 is 1.25 bits per heavy atom. The van der Waals surface area contributed by atoms with E-state index < -0.39 is 5.24 Å². The number of benzene rings is 1. The highest BCUT2D eigenvalue weighted by Crippen LogP contribution is 2.16. The summed E-state index contributed by atoms with van der Waals surface area (Å²) in [5.41, 5.74) is 2.93. The first-order valence-electron chi connectivity index (χ1n) is 5.04. The van der Waals surface area contributed by atoms with Crippen molar-refractivity contribution in [2.75, 3.05) is 5.32 Å². The van der Waals surface area contributed by atoms with Crippen LogP contribution < -0.4 is 5.32 Å². The lowest BCUT2D eigenvalue weighted by Gasteiger charge is -2.08. The van der Waals surface area contributed by atoms with Crippen molar-refractivity contribution in [3.63, 3.8) is 0 Å². The molecule has 86 valence electrons. The van der Waals surface area contributed by atoms with Crippen LogP contribution in [0.15, 0.2) is 18.2 Å². The molecule has 0 spiro atoms. The summed E-state index contributed by atoms with van der Waals surface area (Å²) >= 11 is 5.16. The second-order valence-corrected chi connectivity index (χ2v) is 4.14. The molecule has 0 saturated carbocycles. The van der Waals surface area contributed by atoms with Crippen molar-refractivity contribution < 1.29 is 9.59 Å². The summed E-state index contributed by atoms with van der Waals surface area (Å²) in [5.74, 6) is -0.194. The van der Waals surface area contributed by atoms with Crippen molar-refractivity contribution in [1.82, 2.24) is 0 Å². The van der Waals surface area contributed by atoms with Crippen molar-refractivity contribution in [2.24, 2.45) is 0 Å². The van der Waals surface area contributed by atoms with Crippen LogP contribution in [0.3, 0.4) is 0 Å². The maximum atomic E-state index is 11.4. The molecule has 0 heterocycles. The van der Waals surface area contributed by atoms with Crippen LogP contribution in [0.1, 0.15) is 24.0 Å². The van der Waals surface area contributed by atoms with Gasteiger partial charge in [-0.1, -0.05) is 17.7 Å². The highest BCUT2D eigenvalue weighted by molar-refractivity contribution is 6.63. The minimum absolute atomic E-state index is 0.0678. The Morgan fingerprint density at radius 2 is 1.94 bits per heavy atom. The normalized spacial score (nSPS) is 9.94. The predicted octanol–water partition coefficient (Wildman–Crippen LogP) is 2.79. The van der Waals surface area contributed by atoms with Crippen LogP contribution in [0.25, 0.3) is 0 Å². The van der Waals surface area contributed by atoms with Gasteiger partial charge in [-0.3, -0.25) is 9.59 Å². The molecule has 0 aliphatic heterocycles. The number of hydrogen-bond acceptors (Lipinski definition) is 2. The van der Waals surface area contributed by atoms with Crippen molar-refractivity contribution >= 4 is 28.4 Å². The lowest BCUT2D eigenvalue weighted by Crippen LogP contribution is -2.13. The lowest BCUT2D eigenvalue weighted by atomic mass is 10.1. The van der Waals surface area contributed by atoms with Gasteiger partial charge in [-0.25, -0.2) is 0 Å². The Morgan fingerprint density at radius 3 is 2.50 bits per heavy atom. The molecule has 0 atom stereocenters. The van der Waals surface area contributed by atoms with Crippen LogP contribution in [0, 0.1) is 13.8 Å². The van der Waals surface area contributed by atoms with Crippen molar-refractivity contribution in [3.05, 3.63) is 29.3 Å². The zero-order valence-electron chi connectivity index (χ0n) is 9.34. The fraction of sp³-hybridized carbons (Fsp3) is 0.333. The maximum Gasteiger partial charge on any atom is 0.224 e. The molecule has 1 rings (SSSR count). The largest absolute Gasteiger partial charge is 0.326 e. The molecular formula is C12H14ClNO2. The maximum absolute atomic E-state index is 11.4. The number of carbonyl (C=O) groups is 2. The highest BCUT2D eigenvalue weighted by Gasteiger charge is 2.06. The Labute approximate surface area is 99.8 Å². The first kappa shape index (κ1) is 12.7. The Bertz CT molecular complexity index is 415. The number of aryl methyl sites for hydroxylation is 2. The lowest BCUT2D eigenvalue weighted by molar-refractivity contribution is -0.119. The molecule has 0 aliphatic carbocycles. The van der Waals surface area contributed by atoms with Crippen molar-refractivity contribution in [2.45, 2.75) is 26.7 Å². The third-order valence-electron chi connectivity index (χ3n) is 2.20. The number of nitrogens with one attached hydrogen (secondary N) is 1. The number of rotatable bonds is 4. The van der Waals surface area contributed by atoms with Gasteiger partial charge in [-0.2, -0.15) is 0 Å². The van der Waals surface area contributed by atoms with E-state index in [9.17, 15) is 9.59 Å². The van der Waals surface area contributed by atoms with Crippen LogP contribution >= 0.6 is 11.6 Å². The van der Waals surface area contributed by atoms with E-state index >= 15 is 0 Å². The molecule has 1 aromatic rings. The van der Waals surface area contributed by atoms with Crippen LogP contribution in [0.5, 0.6) is 0 Å². The third kappa shape index (κ3) is 4.03. The third-order valence-corrected chi connectivity index (χ3v) is 2.39. The predicted molar refractivity (Wildman–Crippen MR) is 64.6 cm³/mol. The fourth-order valence-corrected chi connectivity index (χ4v) is 1.47.